The van der Waals surface area contributed by atoms with Gasteiger partial charge >= 0.3 is 0 Å². The van der Waals surface area contributed by atoms with Crippen LogP contribution in [0.3, 0.4) is 0 Å². The van der Waals surface area contributed by atoms with Gasteiger partial charge in [-0.2, -0.15) is 5.10 Å². The highest BCUT2D eigenvalue weighted by Gasteiger charge is 2.17. The van der Waals surface area contributed by atoms with Crippen molar-refractivity contribution < 1.29 is 18.3 Å². The molecule has 0 radical (unpaired) electrons. The van der Waals surface area contributed by atoms with Gasteiger partial charge in [-0.05, 0) is 25.1 Å². The van der Waals surface area contributed by atoms with Crippen molar-refractivity contribution in [3.8, 4) is 5.75 Å². The van der Waals surface area contributed by atoms with Gasteiger partial charge in [0.1, 0.15) is 10.6 Å². The van der Waals surface area contributed by atoms with Crippen LogP contribution in [0.25, 0.3) is 0 Å². The number of aromatic nitrogens is 2. The molecule has 0 bridgehead atoms. The number of hydrogen-bond acceptors (Lipinski definition) is 5. The van der Waals surface area contributed by atoms with E-state index in [4.69, 9.17) is 4.74 Å². The van der Waals surface area contributed by atoms with E-state index in [1.54, 1.807) is 25.2 Å². The summed E-state index contributed by atoms with van der Waals surface area (Å²) < 4.78 is 33.5. The summed E-state index contributed by atoms with van der Waals surface area (Å²) in [6.07, 6.45) is 2.67. The zero-order valence-electron chi connectivity index (χ0n) is 11.8. The Hall–Kier alpha value is -2.06. The van der Waals surface area contributed by atoms with Gasteiger partial charge in [0.15, 0.2) is 0 Å². The van der Waals surface area contributed by atoms with Gasteiger partial charge in [-0.15, -0.1) is 0 Å². The van der Waals surface area contributed by atoms with Crippen molar-refractivity contribution in [1.29, 1.82) is 0 Å². The Labute approximate surface area is 123 Å². The zero-order chi connectivity index (χ0) is 15.5. The van der Waals surface area contributed by atoms with E-state index in [1.165, 1.54) is 17.1 Å². The average Bonchev–Trinajstić information content (AvgIpc) is 2.88. The number of ether oxygens (including phenoxy) is 1. The molecule has 0 saturated carbocycles. The first-order valence-corrected chi connectivity index (χ1v) is 7.82. The Kier molecular flexibility index (Phi) is 4.49. The maximum absolute atomic E-state index is 12.2. The van der Waals surface area contributed by atoms with Crippen molar-refractivity contribution in [3.05, 3.63) is 36.2 Å². The first kappa shape index (κ1) is 15.3. The second-order valence-corrected chi connectivity index (χ2v) is 6.05. The van der Waals surface area contributed by atoms with Crippen molar-refractivity contribution >= 4 is 15.7 Å². The Morgan fingerprint density at radius 2 is 2.19 bits per heavy atom. The quantitative estimate of drug-likeness (QED) is 0.833. The van der Waals surface area contributed by atoms with E-state index in [9.17, 15) is 13.5 Å². The largest absolute Gasteiger partial charge is 0.494 e. The Bertz CT molecular complexity index is 725. The Morgan fingerprint density at radius 1 is 1.43 bits per heavy atom. The summed E-state index contributed by atoms with van der Waals surface area (Å²) in [5, 5.41) is 13.2. The van der Waals surface area contributed by atoms with Crippen LogP contribution in [0.15, 0.2) is 35.5 Å². The summed E-state index contributed by atoms with van der Waals surface area (Å²) in [6.45, 7) is 2.06. The molecular weight excluding hydrogens is 294 g/mol. The van der Waals surface area contributed by atoms with Crippen LogP contribution in [0, 0.1) is 0 Å². The van der Waals surface area contributed by atoms with Crippen LogP contribution >= 0.6 is 0 Å². The van der Waals surface area contributed by atoms with Crippen LogP contribution in [0.5, 0.6) is 5.75 Å². The SMILES string of the molecule is CCOc1ccc(NS(=O)(=O)c2cnn(C)c2)cc1CO. The van der Waals surface area contributed by atoms with E-state index >= 15 is 0 Å². The summed E-state index contributed by atoms with van der Waals surface area (Å²) in [5.74, 6) is 0.532. The fraction of sp³-hybridized carbons (Fsp3) is 0.308. The monoisotopic (exact) mass is 311 g/mol. The van der Waals surface area contributed by atoms with Crippen LogP contribution in [0.1, 0.15) is 12.5 Å². The zero-order valence-corrected chi connectivity index (χ0v) is 12.6. The lowest BCUT2D eigenvalue weighted by atomic mass is 10.2. The molecule has 2 rings (SSSR count). The van der Waals surface area contributed by atoms with Gasteiger partial charge in [0.05, 0.1) is 19.4 Å². The highest BCUT2D eigenvalue weighted by atomic mass is 32.2. The van der Waals surface area contributed by atoms with Crippen LogP contribution in [0.4, 0.5) is 5.69 Å². The molecular formula is C13H17N3O4S. The molecule has 114 valence electrons. The molecule has 1 heterocycles. The molecule has 0 aliphatic carbocycles. The highest BCUT2D eigenvalue weighted by Crippen LogP contribution is 2.24. The molecule has 8 heteroatoms. The summed E-state index contributed by atoms with van der Waals surface area (Å²) in [4.78, 5) is 0.0735. The third-order valence-corrected chi connectivity index (χ3v) is 4.11. The van der Waals surface area contributed by atoms with Crippen molar-refractivity contribution in [2.24, 2.45) is 7.05 Å². The first-order valence-electron chi connectivity index (χ1n) is 6.34. The van der Waals surface area contributed by atoms with E-state index < -0.39 is 10.0 Å². The molecule has 0 spiro atoms. The number of anilines is 1. The minimum Gasteiger partial charge on any atom is -0.494 e. The van der Waals surface area contributed by atoms with E-state index in [2.05, 4.69) is 9.82 Å². The Balaban J connectivity index is 2.27. The third-order valence-electron chi connectivity index (χ3n) is 2.77. The molecule has 0 saturated heterocycles. The fourth-order valence-corrected chi connectivity index (χ4v) is 2.85. The first-order chi connectivity index (χ1) is 9.96. The topological polar surface area (TPSA) is 93.5 Å². The van der Waals surface area contributed by atoms with Gasteiger partial charge in [0.2, 0.25) is 0 Å². The second kappa shape index (κ2) is 6.15. The van der Waals surface area contributed by atoms with Gasteiger partial charge in [-0.1, -0.05) is 0 Å². The van der Waals surface area contributed by atoms with Gasteiger partial charge in [-0.3, -0.25) is 9.40 Å². The third kappa shape index (κ3) is 3.53. The van der Waals surface area contributed by atoms with Crippen LogP contribution in [0.2, 0.25) is 0 Å². The molecule has 0 aliphatic rings. The predicted molar refractivity (Wildman–Crippen MR) is 77.6 cm³/mol. The van der Waals surface area contributed by atoms with Gasteiger partial charge in [0, 0.05) is 24.5 Å². The lowest BCUT2D eigenvalue weighted by molar-refractivity contribution is 0.267. The molecule has 21 heavy (non-hydrogen) atoms. The summed E-state index contributed by atoms with van der Waals surface area (Å²) in [7, 11) is -2.06. The van der Waals surface area contributed by atoms with Crippen molar-refractivity contribution in [2.75, 3.05) is 11.3 Å². The number of nitrogens with zero attached hydrogens (tertiary/aromatic N) is 2. The van der Waals surface area contributed by atoms with Crippen molar-refractivity contribution in [2.45, 2.75) is 18.4 Å². The minimum atomic E-state index is -3.70. The standard InChI is InChI=1S/C13H17N3O4S/c1-3-20-13-5-4-11(6-10(13)9-17)15-21(18,19)12-7-14-16(2)8-12/h4-8,15,17H,3,9H2,1-2H3. The summed E-state index contributed by atoms with van der Waals surface area (Å²) in [6, 6.07) is 4.74. The number of benzene rings is 1. The van der Waals surface area contributed by atoms with E-state index in [0.717, 1.165) is 0 Å². The Morgan fingerprint density at radius 3 is 2.76 bits per heavy atom. The van der Waals surface area contributed by atoms with Crippen LogP contribution in [-0.2, 0) is 23.7 Å². The predicted octanol–water partition coefficient (Wildman–Crippen LogP) is 1.11. The molecule has 1 aromatic carbocycles. The number of rotatable bonds is 6. The minimum absolute atomic E-state index is 0.0735. The van der Waals surface area contributed by atoms with E-state index in [-0.39, 0.29) is 11.5 Å². The lowest BCUT2D eigenvalue weighted by Crippen LogP contribution is -2.12. The normalized spacial score (nSPS) is 11.4. The van der Waals surface area contributed by atoms with Crippen LogP contribution in [-0.4, -0.2) is 29.9 Å². The number of aliphatic hydroxyl groups excluding tert-OH is 1. The molecule has 2 aromatic rings. The molecule has 0 amide bonds. The van der Waals surface area contributed by atoms with Gasteiger partial charge in [-0.25, -0.2) is 8.42 Å². The molecule has 2 N–H and O–H groups in total. The van der Waals surface area contributed by atoms with E-state index in [0.29, 0.717) is 23.6 Å². The number of sulfonamides is 1. The molecule has 0 fully saturated rings. The van der Waals surface area contributed by atoms with Crippen LogP contribution < -0.4 is 9.46 Å². The van der Waals surface area contributed by atoms with E-state index in [1.807, 2.05) is 6.92 Å². The maximum Gasteiger partial charge on any atom is 0.265 e. The summed E-state index contributed by atoms with van der Waals surface area (Å²) in [5.41, 5.74) is 0.870. The second-order valence-electron chi connectivity index (χ2n) is 4.37. The maximum atomic E-state index is 12.2. The molecule has 7 nitrogen and oxygen atoms in total. The number of nitrogens with one attached hydrogen (secondary N) is 1. The smallest absolute Gasteiger partial charge is 0.265 e. The summed E-state index contributed by atoms with van der Waals surface area (Å²) >= 11 is 0. The molecule has 0 aliphatic heterocycles. The highest BCUT2D eigenvalue weighted by molar-refractivity contribution is 7.92. The number of aryl methyl sites for hydroxylation is 1. The van der Waals surface area contributed by atoms with Crippen molar-refractivity contribution in [3.63, 3.8) is 0 Å². The van der Waals surface area contributed by atoms with Gasteiger partial charge < -0.3 is 9.84 Å². The fourth-order valence-electron chi connectivity index (χ4n) is 1.81. The average molecular weight is 311 g/mol. The number of aliphatic hydroxyl groups is 1. The van der Waals surface area contributed by atoms with Gasteiger partial charge in [0.25, 0.3) is 10.0 Å². The lowest BCUT2D eigenvalue weighted by Gasteiger charge is -2.11. The molecule has 0 atom stereocenters. The number of hydrogen-bond donors (Lipinski definition) is 2. The van der Waals surface area contributed by atoms with Crippen molar-refractivity contribution in [1.82, 2.24) is 9.78 Å². The molecule has 0 unspecified atom stereocenters. The molecule has 1 aromatic heterocycles.